The molecule has 0 saturated heterocycles. The Labute approximate surface area is 199 Å². The molecule has 3 aromatic carbocycles. The number of nitrogens with one attached hydrogen (secondary N) is 1. The number of rotatable bonds is 5. The molecule has 9 heteroatoms. The van der Waals surface area contributed by atoms with Gasteiger partial charge in [0, 0.05) is 51.2 Å². The maximum absolute atomic E-state index is 11.1. The zero-order valence-corrected chi connectivity index (χ0v) is 18.4. The Bertz CT molecular complexity index is 1540. The molecule has 0 aliphatic rings. The summed E-state index contributed by atoms with van der Waals surface area (Å²) in [4.78, 5) is 23.6. The molecule has 166 valence electrons. The summed E-state index contributed by atoms with van der Waals surface area (Å²) >= 11 is 6.08. The van der Waals surface area contributed by atoms with Crippen LogP contribution in [0.25, 0.3) is 33.4 Å². The standard InChI is InChI=1S/C25H17ClN6O2/c26-17-6-9-20-21(10-11-28-24(20)13-17)29-18-7-4-15(5-8-18)22-14-23(31-25(27)30-22)16-2-1-3-19(12-16)32(33)34/h1-14H,(H,28,29)(H2,27,30,31). The smallest absolute Gasteiger partial charge is 0.270 e. The predicted molar refractivity (Wildman–Crippen MR) is 134 cm³/mol. The fourth-order valence-electron chi connectivity index (χ4n) is 3.65. The molecule has 0 unspecified atom stereocenters. The Morgan fingerprint density at radius 2 is 1.65 bits per heavy atom. The van der Waals surface area contributed by atoms with Crippen molar-refractivity contribution >= 4 is 45.5 Å². The number of nitro groups is 1. The van der Waals surface area contributed by atoms with E-state index in [1.165, 1.54) is 12.1 Å². The lowest BCUT2D eigenvalue weighted by molar-refractivity contribution is -0.384. The topological polar surface area (TPSA) is 120 Å². The van der Waals surface area contributed by atoms with Crippen molar-refractivity contribution in [3.8, 4) is 22.5 Å². The fourth-order valence-corrected chi connectivity index (χ4v) is 3.82. The number of nitrogen functional groups attached to an aromatic ring is 1. The third-order valence-corrected chi connectivity index (χ3v) is 5.50. The number of aromatic nitrogens is 3. The summed E-state index contributed by atoms with van der Waals surface area (Å²) in [7, 11) is 0. The first kappa shape index (κ1) is 21.3. The van der Waals surface area contributed by atoms with E-state index in [4.69, 9.17) is 17.3 Å². The summed E-state index contributed by atoms with van der Waals surface area (Å²) in [5.74, 6) is 0.0862. The van der Waals surface area contributed by atoms with Crippen molar-refractivity contribution in [2.75, 3.05) is 11.1 Å². The molecule has 0 atom stereocenters. The maximum atomic E-state index is 11.1. The summed E-state index contributed by atoms with van der Waals surface area (Å²) in [6.45, 7) is 0. The molecule has 3 N–H and O–H groups in total. The van der Waals surface area contributed by atoms with Crippen LogP contribution in [0.1, 0.15) is 0 Å². The van der Waals surface area contributed by atoms with Crippen LogP contribution in [0.5, 0.6) is 0 Å². The second-order valence-electron chi connectivity index (χ2n) is 7.53. The number of non-ortho nitro benzene ring substituents is 1. The van der Waals surface area contributed by atoms with E-state index < -0.39 is 4.92 Å². The number of anilines is 3. The van der Waals surface area contributed by atoms with Gasteiger partial charge in [0.15, 0.2) is 0 Å². The Balaban J connectivity index is 1.44. The molecule has 0 fully saturated rings. The first-order valence-corrected chi connectivity index (χ1v) is 10.7. The van der Waals surface area contributed by atoms with Crippen molar-refractivity contribution in [3.05, 3.63) is 100 Å². The second kappa shape index (κ2) is 8.76. The Morgan fingerprint density at radius 3 is 2.41 bits per heavy atom. The summed E-state index contributed by atoms with van der Waals surface area (Å²) < 4.78 is 0. The normalized spacial score (nSPS) is 10.9. The van der Waals surface area contributed by atoms with E-state index in [0.29, 0.717) is 22.0 Å². The number of benzene rings is 3. The quantitative estimate of drug-likeness (QED) is 0.231. The van der Waals surface area contributed by atoms with Gasteiger partial charge in [-0.2, -0.15) is 0 Å². The van der Waals surface area contributed by atoms with E-state index in [1.807, 2.05) is 48.5 Å². The van der Waals surface area contributed by atoms with Crippen molar-refractivity contribution in [1.29, 1.82) is 0 Å². The van der Waals surface area contributed by atoms with Crippen molar-refractivity contribution in [2.45, 2.75) is 0 Å². The maximum Gasteiger partial charge on any atom is 0.270 e. The minimum absolute atomic E-state index is 0.0161. The van der Waals surface area contributed by atoms with E-state index in [1.54, 1.807) is 24.4 Å². The van der Waals surface area contributed by atoms with Gasteiger partial charge >= 0.3 is 0 Å². The van der Waals surface area contributed by atoms with E-state index in [-0.39, 0.29) is 11.6 Å². The number of hydrogen-bond acceptors (Lipinski definition) is 7. The number of nitrogens with two attached hydrogens (primary N) is 1. The summed E-state index contributed by atoms with van der Waals surface area (Å²) in [6, 6.07) is 23.2. The van der Waals surface area contributed by atoms with Crippen molar-refractivity contribution in [1.82, 2.24) is 15.0 Å². The van der Waals surface area contributed by atoms with Gasteiger partial charge in [-0.3, -0.25) is 15.1 Å². The van der Waals surface area contributed by atoms with E-state index in [0.717, 1.165) is 27.8 Å². The van der Waals surface area contributed by atoms with Crippen LogP contribution in [-0.4, -0.2) is 19.9 Å². The highest BCUT2D eigenvalue weighted by Gasteiger charge is 2.11. The Kier molecular flexibility index (Phi) is 5.49. The number of hydrogen-bond donors (Lipinski definition) is 2. The van der Waals surface area contributed by atoms with Crippen LogP contribution >= 0.6 is 11.6 Å². The lowest BCUT2D eigenvalue weighted by Gasteiger charge is -2.11. The van der Waals surface area contributed by atoms with Crippen LogP contribution in [0.15, 0.2) is 85.1 Å². The predicted octanol–water partition coefficient (Wildman–Crippen LogP) is 6.25. The van der Waals surface area contributed by atoms with Crippen molar-refractivity contribution in [2.24, 2.45) is 0 Å². The Hall–Kier alpha value is -4.56. The highest BCUT2D eigenvalue weighted by Crippen LogP contribution is 2.30. The van der Waals surface area contributed by atoms with Crippen LogP contribution in [0.4, 0.5) is 23.0 Å². The highest BCUT2D eigenvalue weighted by molar-refractivity contribution is 6.31. The summed E-state index contributed by atoms with van der Waals surface area (Å²) in [6.07, 6.45) is 1.73. The monoisotopic (exact) mass is 468 g/mol. The summed E-state index contributed by atoms with van der Waals surface area (Å²) in [5, 5.41) is 16.1. The molecule has 0 aliphatic carbocycles. The molecule has 0 bridgehead atoms. The molecule has 0 amide bonds. The van der Waals surface area contributed by atoms with Gasteiger partial charge in [-0.1, -0.05) is 35.9 Å². The van der Waals surface area contributed by atoms with E-state index in [2.05, 4.69) is 20.3 Å². The molecular formula is C25H17ClN6O2. The molecule has 34 heavy (non-hydrogen) atoms. The number of pyridine rings is 1. The minimum Gasteiger partial charge on any atom is -0.368 e. The fraction of sp³-hybridized carbons (Fsp3) is 0. The number of fused-ring (bicyclic) bond motifs is 1. The highest BCUT2D eigenvalue weighted by atomic mass is 35.5. The third-order valence-electron chi connectivity index (χ3n) is 5.26. The molecule has 0 saturated carbocycles. The van der Waals surface area contributed by atoms with Gasteiger partial charge in [0.2, 0.25) is 5.95 Å². The first-order valence-electron chi connectivity index (χ1n) is 10.3. The van der Waals surface area contributed by atoms with Crippen LogP contribution < -0.4 is 11.1 Å². The van der Waals surface area contributed by atoms with Crippen molar-refractivity contribution < 1.29 is 4.92 Å². The number of halogens is 1. The van der Waals surface area contributed by atoms with E-state index in [9.17, 15) is 10.1 Å². The molecule has 0 radical (unpaired) electrons. The third kappa shape index (κ3) is 4.35. The average Bonchev–Trinajstić information content (AvgIpc) is 2.84. The van der Waals surface area contributed by atoms with Gasteiger partial charge in [-0.05, 0) is 42.5 Å². The second-order valence-corrected chi connectivity index (χ2v) is 7.96. The molecule has 2 aromatic heterocycles. The van der Waals surface area contributed by atoms with Gasteiger partial charge in [0.25, 0.3) is 5.69 Å². The average molecular weight is 469 g/mol. The van der Waals surface area contributed by atoms with Gasteiger partial charge in [0.05, 0.1) is 21.8 Å². The SMILES string of the molecule is Nc1nc(-c2ccc(Nc3ccnc4cc(Cl)ccc34)cc2)cc(-c2cccc([N+](=O)[O-])c2)n1. The van der Waals surface area contributed by atoms with Gasteiger partial charge in [-0.15, -0.1) is 0 Å². The van der Waals surface area contributed by atoms with Crippen LogP contribution in [-0.2, 0) is 0 Å². The van der Waals surface area contributed by atoms with Crippen LogP contribution in [0.3, 0.4) is 0 Å². The van der Waals surface area contributed by atoms with Crippen LogP contribution in [0.2, 0.25) is 5.02 Å². The van der Waals surface area contributed by atoms with Gasteiger partial charge in [-0.25, -0.2) is 9.97 Å². The molecule has 5 rings (SSSR count). The van der Waals surface area contributed by atoms with Gasteiger partial charge in [0.1, 0.15) is 0 Å². The molecule has 5 aromatic rings. The summed E-state index contributed by atoms with van der Waals surface area (Å²) in [5.41, 5.74) is 11.1. The minimum atomic E-state index is -0.443. The zero-order chi connectivity index (χ0) is 23.7. The molecule has 2 heterocycles. The molecule has 0 spiro atoms. The largest absolute Gasteiger partial charge is 0.368 e. The number of nitrogens with zero attached hydrogens (tertiary/aromatic N) is 4. The van der Waals surface area contributed by atoms with E-state index >= 15 is 0 Å². The number of nitro benzene ring substituents is 1. The Morgan fingerprint density at radius 1 is 0.882 bits per heavy atom. The zero-order valence-electron chi connectivity index (χ0n) is 17.6. The molecular weight excluding hydrogens is 452 g/mol. The lowest BCUT2D eigenvalue weighted by atomic mass is 10.1. The van der Waals surface area contributed by atoms with Gasteiger partial charge < -0.3 is 11.1 Å². The van der Waals surface area contributed by atoms with Crippen molar-refractivity contribution in [3.63, 3.8) is 0 Å². The lowest BCUT2D eigenvalue weighted by Crippen LogP contribution is -1.99. The van der Waals surface area contributed by atoms with Crippen LogP contribution in [0, 0.1) is 10.1 Å². The first-order chi connectivity index (χ1) is 16.5. The molecule has 0 aliphatic heterocycles. The molecule has 8 nitrogen and oxygen atoms in total.